The van der Waals surface area contributed by atoms with E-state index in [0.717, 1.165) is 23.8 Å². The second-order valence-electron chi connectivity index (χ2n) is 7.91. The lowest BCUT2D eigenvalue weighted by Crippen LogP contribution is -2.46. The third-order valence-electron chi connectivity index (χ3n) is 6.00. The van der Waals surface area contributed by atoms with E-state index in [2.05, 4.69) is 10.4 Å². The van der Waals surface area contributed by atoms with Gasteiger partial charge in [-0.1, -0.05) is 18.2 Å². The first kappa shape index (κ1) is 19.6. The van der Waals surface area contributed by atoms with Gasteiger partial charge in [-0.2, -0.15) is 5.10 Å². The molecule has 5 rings (SSSR count). The van der Waals surface area contributed by atoms with Gasteiger partial charge in [0.2, 0.25) is 5.91 Å². The molecule has 1 N–H and O–H groups in total. The lowest BCUT2D eigenvalue weighted by Gasteiger charge is -2.26. The number of carbonyl (C=O) groups excluding carboxylic acids is 2. The van der Waals surface area contributed by atoms with Crippen molar-refractivity contribution in [1.82, 2.24) is 15.2 Å². The van der Waals surface area contributed by atoms with Gasteiger partial charge in [0.25, 0.3) is 5.91 Å². The second-order valence-corrected chi connectivity index (χ2v) is 7.91. The van der Waals surface area contributed by atoms with Crippen molar-refractivity contribution in [3.8, 4) is 0 Å². The van der Waals surface area contributed by atoms with Crippen LogP contribution in [0.4, 0.5) is 0 Å². The van der Waals surface area contributed by atoms with Crippen LogP contribution < -0.4 is 5.32 Å². The molecule has 0 spiro atoms. The lowest BCUT2D eigenvalue weighted by atomic mass is 10.1. The summed E-state index contributed by atoms with van der Waals surface area (Å²) in [5.41, 5.74) is 1.49. The van der Waals surface area contributed by atoms with Gasteiger partial charge in [0.1, 0.15) is 23.1 Å². The minimum absolute atomic E-state index is 0.0548. The number of likely N-dealkylation sites (tertiary alicyclic amines) is 1. The maximum absolute atomic E-state index is 13.3. The Hall–Kier alpha value is -3.39. The predicted molar refractivity (Wildman–Crippen MR) is 114 cm³/mol. The summed E-state index contributed by atoms with van der Waals surface area (Å²) in [6.45, 7) is 0.843. The standard InChI is InChI=1S/C23H24N4O4/c1-24-23(29)17-7-4-10-26(17)14-22(28)27-18(20-9-5-11-30-20)13-16(25-27)21-12-15-6-2-3-8-19(15)31-21/h2-3,5-6,8-9,11-12,17-18H,4,7,10,13-14H2,1H3,(H,24,29). The fourth-order valence-corrected chi connectivity index (χ4v) is 4.44. The van der Waals surface area contributed by atoms with Crippen LogP contribution in [0.1, 0.15) is 36.8 Å². The summed E-state index contributed by atoms with van der Waals surface area (Å²) >= 11 is 0. The molecule has 160 valence electrons. The molecule has 2 atom stereocenters. The average Bonchev–Trinajstić information content (AvgIpc) is 3.57. The first-order chi connectivity index (χ1) is 15.1. The van der Waals surface area contributed by atoms with Crippen LogP contribution in [0.25, 0.3) is 11.0 Å². The minimum Gasteiger partial charge on any atom is -0.467 e. The number of carbonyl (C=O) groups is 2. The highest BCUT2D eigenvalue weighted by atomic mass is 16.3. The Labute approximate surface area is 179 Å². The summed E-state index contributed by atoms with van der Waals surface area (Å²) in [7, 11) is 1.62. The zero-order chi connectivity index (χ0) is 21.4. The molecule has 0 aliphatic carbocycles. The number of nitrogens with one attached hydrogen (secondary N) is 1. The van der Waals surface area contributed by atoms with Gasteiger partial charge in [-0.25, -0.2) is 5.01 Å². The Morgan fingerprint density at radius 3 is 2.87 bits per heavy atom. The van der Waals surface area contributed by atoms with Crippen LogP contribution in [-0.4, -0.2) is 53.6 Å². The van der Waals surface area contributed by atoms with Gasteiger partial charge in [-0.05, 0) is 43.7 Å². The Morgan fingerprint density at radius 1 is 1.23 bits per heavy atom. The summed E-state index contributed by atoms with van der Waals surface area (Å²) in [6.07, 6.45) is 3.74. The van der Waals surface area contributed by atoms with Crippen molar-refractivity contribution in [3.63, 3.8) is 0 Å². The smallest absolute Gasteiger partial charge is 0.257 e. The number of fused-ring (bicyclic) bond motifs is 1. The van der Waals surface area contributed by atoms with E-state index >= 15 is 0 Å². The van der Waals surface area contributed by atoms with Crippen molar-refractivity contribution in [1.29, 1.82) is 0 Å². The van der Waals surface area contributed by atoms with E-state index in [-0.39, 0.29) is 30.4 Å². The first-order valence-corrected chi connectivity index (χ1v) is 10.5. The molecular formula is C23H24N4O4. The highest BCUT2D eigenvalue weighted by Gasteiger charge is 2.38. The second kappa shape index (κ2) is 8.03. The fourth-order valence-electron chi connectivity index (χ4n) is 4.44. The van der Waals surface area contributed by atoms with Gasteiger partial charge in [-0.3, -0.25) is 14.5 Å². The highest BCUT2D eigenvalue weighted by molar-refractivity contribution is 6.03. The van der Waals surface area contributed by atoms with E-state index in [1.54, 1.807) is 19.4 Å². The third-order valence-corrected chi connectivity index (χ3v) is 6.00. The van der Waals surface area contributed by atoms with E-state index in [9.17, 15) is 9.59 Å². The number of likely N-dealkylation sites (N-methyl/N-ethyl adjacent to an activating group) is 1. The van der Waals surface area contributed by atoms with Crippen LogP contribution in [0.15, 0.2) is 62.7 Å². The lowest BCUT2D eigenvalue weighted by molar-refractivity contribution is -0.135. The van der Waals surface area contributed by atoms with Crippen molar-refractivity contribution in [2.45, 2.75) is 31.3 Å². The molecule has 1 fully saturated rings. The molecule has 8 nitrogen and oxygen atoms in total. The van der Waals surface area contributed by atoms with Crippen molar-refractivity contribution in [2.24, 2.45) is 5.10 Å². The van der Waals surface area contributed by atoms with Crippen molar-refractivity contribution < 1.29 is 18.4 Å². The molecule has 0 saturated carbocycles. The number of hydrazone groups is 1. The molecule has 4 heterocycles. The third kappa shape index (κ3) is 3.63. The van der Waals surface area contributed by atoms with Crippen LogP contribution in [0.5, 0.6) is 0 Å². The molecule has 0 radical (unpaired) electrons. The van der Waals surface area contributed by atoms with Crippen LogP contribution in [0.2, 0.25) is 0 Å². The Bertz CT molecular complexity index is 1100. The maximum Gasteiger partial charge on any atom is 0.257 e. The van der Waals surface area contributed by atoms with E-state index in [1.807, 2.05) is 41.3 Å². The summed E-state index contributed by atoms with van der Waals surface area (Å²) in [5.74, 6) is 1.11. The number of nitrogens with zero attached hydrogens (tertiary/aromatic N) is 3. The first-order valence-electron chi connectivity index (χ1n) is 10.5. The molecule has 3 aromatic rings. The average molecular weight is 420 g/mol. The van der Waals surface area contributed by atoms with Crippen molar-refractivity contribution in [3.05, 3.63) is 60.2 Å². The number of benzene rings is 1. The highest BCUT2D eigenvalue weighted by Crippen LogP contribution is 2.34. The SMILES string of the molecule is CNC(=O)C1CCCN1CC(=O)N1N=C(c2cc3ccccc3o2)CC1c1ccco1. The number of hydrogen-bond donors (Lipinski definition) is 1. The molecule has 2 aliphatic rings. The Morgan fingerprint density at radius 2 is 2.10 bits per heavy atom. The van der Waals surface area contributed by atoms with E-state index in [4.69, 9.17) is 8.83 Å². The zero-order valence-electron chi connectivity index (χ0n) is 17.3. The molecule has 0 bridgehead atoms. The van der Waals surface area contributed by atoms with Crippen molar-refractivity contribution >= 4 is 28.5 Å². The minimum atomic E-state index is -0.341. The summed E-state index contributed by atoms with van der Waals surface area (Å²) in [5, 5.41) is 9.81. The number of rotatable bonds is 5. The molecule has 2 aliphatic heterocycles. The van der Waals surface area contributed by atoms with Crippen LogP contribution in [0, 0.1) is 0 Å². The number of hydrogen-bond acceptors (Lipinski definition) is 6. The zero-order valence-corrected chi connectivity index (χ0v) is 17.3. The normalized spacial score (nSPS) is 21.6. The van der Waals surface area contributed by atoms with E-state index < -0.39 is 0 Å². The van der Waals surface area contributed by atoms with E-state index in [0.29, 0.717) is 30.2 Å². The summed E-state index contributed by atoms with van der Waals surface area (Å²) in [6, 6.07) is 12.8. The van der Waals surface area contributed by atoms with Gasteiger partial charge < -0.3 is 14.2 Å². The molecular weight excluding hydrogens is 396 g/mol. The predicted octanol–water partition coefficient (Wildman–Crippen LogP) is 2.91. The molecule has 31 heavy (non-hydrogen) atoms. The largest absolute Gasteiger partial charge is 0.467 e. The number of para-hydroxylation sites is 1. The van der Waals surface area contributed by atoms with Gasteiger partial charge in [0, 0.05) is 18.9 Å². The van der Waals surface area contributed by atoms with Crippen LogP contribution >= 0.6 is 0 Å². The molecule has 2 unspecified atom stereocenters. The van der Waals surface area contributed by atoms with Gasteiger partial charge >= 0.3 is 0 Å². The molecule has 2 aromatic heterocycles. The monoisotopic (exact) mass is 420 g/mol. The Balaban J connectivity index is 1.42. The van der Waals surface area contributed by atoms with E-state index in [1.165, 1.54) is 5.01 Å². The quantitative estimate of drug-likeness (QED) is 0.685. The van der Waals surface area contributed by atoms with Crippen LogP contribution in [0.3, 0.4) is 0 Å². The topological polar surface area (TPSA) is 91.3 Å². The molecule has 1 aromatic carbocycles. The van der Waals surface area contributed by atoms with Crippen molar-refractivity contribution in [2.75, 3.05) is 20.1 Å². The molecule has 1 saturated heterocycles. The van der Waals surface area contributed by atoms with Gasteiger partial charge in [0.15, 0.2) is 5.76 Å². The van der Waals surface area contributed by atoms with Crippen LogP contribution in [-0.2, 0) is 9.59 Å². The molecule has 8 heteroatoms. The number of furan rings is 2. The Kier molecular flexibility index (Phi) is 5.07. The molecule has 2 amide bonds. The summed E-state index contributed by atoms with van der Waals surface area (Å²) < 4.78 is 11.6. The van der Waals surface area contributed by atoms with Gasteiger partial charge in [-0.15, -0.1) is 0 Å². The maximum atomic E-state index is 13.3. The van der Waals surface area contributed by atoms with Gasteiger partial charge in [0.05, 0.1) is 18.8 Å². The summed E-state index contributed by atoms with van der Waals surface area (Å²) in [4.78, 5) is 27.4. The fraction of sp³-hybridized carbons (Fsp3) is 0.348. The number of amides is 2.